The van der Waals surface area contributed by atoms with Crippen molar-refractivity contribution in [3.63, 3.8) is 0 Å². The fraction of sp³-hybridized carbons (Fsp3) is 0.429. The van der Waals surface area contributed by atoms with Gasteiger partial charge in [0.25, 0.3) is 11.1 Å². The molecule has 1 saturated heterocycles. The van der Waals surface area contributed by atoms with Crippen LogP contribution in [0.15, 0.2) is 51.6 Å². The van der Waals surface area contributed by atoms with E-state index in [1.54, 1.807) is 0 Å². The number of benzene rings is 1. The predicted molar refractivity (Wildman–Crippen MR) is 149 cm³/mol. The van der Waals surface area contributed by atoms with Gasteiger partial charge in [-0.2, -0.15) is 0 Å². The molecule has 4 heterocycles. The summed E-state index contributed by atoms with van der Waals surface area (Å²) in [6.07, 6.45) is 7.23. The molecule has 1 aliphatic heterocycles. The maximum absolute atomic E-state index is 14.2. The summed E-state index contributed by atoms with van der Waals surface area (Å²) >= 11 is 0. The highest BCUT2D eigenvalue weighted by molar-refractivity contribution is 5.85. The van der Waals surface area contributed by atoms with Crippen molar-refractivity contribution in [2.45, 2.75) is 64.8 Å². The minimum absolute atomic E-state index is 0.0285. The van der Waals surface area contributed by atoms with Crippen molar-refractivity contribution in [2.24, 2.45) is 11.5 Å². The van der Waals surface area contributed by atoms with E-state index in [1.807, 2.05) is 41.8 Å². The molecule has 4 aromatic rings. The molecule has 1 aliphatic carbocycles. The molecule has 2 aliphatic rings. The number of allylic oxidation sites excluding steroid dienone is 2. The zero-order valence-corrected chi connectivity index (χ0v) is 21.8. The summed E-state index contributed by atoms with van der Waals surface area (Å²) in [5, 5.41) is 1.97. The Morgan fingerprint density at radius 3 is 2.66 bits per heavy atom. The van der Waals surface area contributed by atoms with E-state index >= 15 is 0 Å². The van der Waals surface area contributed by atoms with Gasteiger partial charge in [0, 0.05) is 36.8 Å². The van der Waals surface area contributed by atoms with Crippen LogP contribution in [0.4, 0.5) is 5.95 Å². The van der Waals surface area contributed by atoms with Crippen molar-refractivity contribution in [1.82, 2.24) is 23.9 Å². The molecular formula is C28H34N8O2. The van der Waals surface area contributed by atoms with Gasteiger partial charge in [-0.05, 0) is 50.5 Å². The largest absolute Gasteiger partial charge is 0.341 e. The minimum Gasteiger partial charge on any atom is -0.341 e. The first kappa shape index (κ1) is 24.6. The highest BCUT2D eigenvalue weighted by Crippen LogP contribution is 2.27. The SMILES string of the molecule is Cc1cc2ccccc2c(Cn2c(=O)c3c(nc(N4CCCC(N)C4)n3CC3=CCCC3)c(=O)n2CN)n1. The van der Waals surface area contributed by atoms with Crippen LogP contribution in [0.25, 0.3) is 21.8 Å². The molecule has 1 unspecified atom stereocenters. The summed E-state index contributed by atoms with van der Waals surface area (Å²) in [4.78, 5) is 39.7. The van der Waals surface area contributed by atoms with E-state index in [9.17, 15) is 9.59 Å². The minimum atomic E-state index is -0.374. The monoisotopic (exact) mass is 514 g/mol. The average molecular weight is 515 g/mol. The molecule has 1 atom stereocenters. The number of piperidine rings is 1. The maximum Gasteiger partial charge on any atom is 0.294 e. The molecule has 10 heteroatoms. The van der Waals surface area contributed by atoms with Crippen LogP contribution in [-0.2, 0) is 19.8 Å². The second kappa shape index (κ2) is 9.85. The molecule has 0 bridgehead atoms. The van der Waals surface area contributed by atoms with Gasteiger partial charge in [-0.1, -0.05) is 35.9 Å². The number of nitrogens with zero attached hydrogens (tertiary/aromatic N) is 6. The molecule has 0 spiro atoms. The Kier molecular flexibility index (Phi) is 6.37. The van der Waals surface area contributed by atoms with Gasteiger partial charge in [0.2, 0.25) is 5.95 Å². The van der Waals surface area contributed by atoms with E-state index in [4.69, 9.17) is 21.4 Å². The molecule has 3 aromatic heterocycles. The number of rotatable bonds is 6. The van der Waals surface area contributed by atoms with Gasteiger partial charge >= 0.3 is 0 Å². The second-order valence-electron chi connectivity index (χ2n) is 10.5. The van der Waals surface area contributed by atoms with Crippen LogP contribution in [0.5, 0.6) is 0 Å². The van der Waals surface area contributed by atoms with E-state index in [1.165, 1.54) is 14.9 Å². The van der Waals surface area contributed by atoms with Gasteiger partial charge in [-0.15, -0.1) is 0 Å². The molecule has 38 heavy (non-hydrogen) atoms. The van der Waals surface area contributed by atoms with Crippen LogP contribution in [0.2, 0.25) is 0 Å². The third-order valence-electron chi connectivity index (χ3n) is 7.77. The van der Waals surface area contributed by atoms with Crippen LogP contribution < -0.4 is 27.5 Å². The average Bonchev–Trinajstić information content (AvgIpc) is 3.56. The van der Waals surface area contributed by atoms with Crippen molar-refractivity contribution in [3.05, 3.63) is 74.1 Å². The first-order valence-corrected chi connectivity index (χ1v) is 13.4. The number of nitrogens with two attached hydrogens (primary N) is 2. The number of hydrogen-bond acceptors (Lipinski definition) is 7. The Morgan fingerprint density at radius 1 is 1.05 bits per heavy atom. The number of pyridine rings is 1. The molecule has 4 N–H and O–H groups in total. The zero-order chi connectivity index (χ0) is 26.4. The third kappa shape index (κ3) is 4.23. The van der Waals surface area contributed by atoms with Crippen molar-refractivity contribution in [1.29, 1.82) is 0 Å². The quantitative estimate of drug-likeness (QED) is 0.377. The number of fused-ring (bicyclic) bond motifs is 2. The van der Waals surface area contributed by atoms with E-state index in [2.05, 4.69) is 11.0 Å². The summed E-state index contributed by atoms with van der Waals surface area (Å²) in [7, 11) is 0. The normalized spacial score (nSPS) is 18.0. The Bertz CT molecular complexity index is 1680. The lowest BCUT2D eigenvalue weighted by Crippen LogP contribution is -2.44. The van der Waals surface area contributed by atoms with Crippen molar-refractivity contribution in [2.75, 3.05) is 18.0 Å². The van der Waals surface area contributed by atoms with Crippen LogP contribution in [-0.4, -0.2) is 43.0 Å². The topological polar surface area (TPSA) is 130 Å². The fourth-order valence-corrected chi connectivity index (χ4v) is 5.95. The highest BCUT2D eigenvalue weighted by atomic mass is 16.2. The highest BCUT2D eigenvalue weighted by Gasteiger charge is 2.27. The Morgan fingerprint density at radius 2 is 1.89 bits per heavy atom. The Balaban J connectivity index is 1.57. The summed E-state index contributed by atoms with van der Waals surface area (Å²) in [5.74, 6) is 0.637. The van der Waals surface area contributed by atoms with Gasteiger partial charge < -0.3 is 20.9 Å². The zero-order valence-electron chi connectivity index (χ0n) is 21.8. The van der Waals surface area contributed by atoms with Gasteiger partial charge in [0.05, 0.1) is 18.9 Å². The number of imidazole rings is 1. The van der Waals surface area contributed by atoms with Crippen molar-refractivity contribution >= 4 is 27.8 Å². The smallest absolute Gasteiger partial charge is 0.294 e. The molecule has 0 amide bonds. The van der Waals surface area contributed by atoms with E-state index in [0.29, 0.717) is 24.6 Å². The predicted octanol–water partition coefficient (Wildman–Crippen LogP) is 2.22. The molecule has 1 aromatic carbocycles. The lowest BCUT2D eigenvalue weighted by Gasteiger charge is -2.32. The van der Waals surface area contributed by atoms with Gasteiger partial charge in [-0.25, -0.2) is 14.3 Å². The van der Waals surface area contributed by atoms with Crippen LogP contribution in [0.1, 0.15) is 43.5 Å². The molecular weight excluding hydrogens is 480 g/mol. The Hall–Kier alpha value is -3.76. The first-order chi connectivity index (χ1) is 18.4. The van der Waals surface area contributed by atoms with Gasteiger partial charge in [0.15, 0.2) is 5.52 Å². The van der Waals surface area contributed by atoms with Crippen molar-refractivity contribution < 1.29 is 0 Å². The standard InChI is InChI=1S/C28H34N8O2/c1-18-13-20-9-4-5-11-22(20)23(31-18)16-35-27(38)25-24(26(37)36(35)17-29)32-28(33-12-6-10-21(30)15-33)34(25)14-19-7-2-3-8-19/h4-5,7,9,11,13,21H,2-3,6,8,10,12,14-17,29-30H2,1H3. The summed E-state index contributed by atoms with van der Waals surface area (Å²) < 4.78 is 4.67. The molecule has 6 rings (SSSR count). The maximum atomic E-state index is 14.2. The molecule has 0 radical (unpaired) electrons. The summed E-state index contributed by atoms with van der Waals surface area (Å²) in [6.45, 7) is 3.87. The Labute approximate surface area is 220 Å². The summed E-state index contributed by atoms with van der Waals surface area (Å²) in [6, 6.07) is 9.98. The molecule has 0 saturated carbocycles. The van der Waals surface area contributed by atoms with Crippen LogP contribution in [0, 0.1) is 6.92 Å². The second-order valence-corrected chi connectivity index (χ2v) is 10.5. The lowest BCUT2D eigenvalue weighted by atomic mass is 10.1. The number of aromatic nitrogens is 5. The fourth-order valence-electron chi connectivity index (χ4n) is 5.95. The number of aryl methyl sites for hydroxylation is 1. The molecule has 1 fully saturated rings. The third-order valence-corrected chi connectivity index (χ3v) is 7.77. The number of hydrogen-bond donors (Lipinski definition) is 2. The summed E-state index contributed by atoms with van der Waals surface area (Å²) in [5.41, 5.74) is 15.0. The van der Waals surface area contributed by atoms with Gasteiger partial charge in [-0.3, -0.25) is 14.6 Å². The van der Waals surface area contributed by atoms with Crippen LogP contribution >= 0.6 is 0 Å². The van der Waals surface area contributed by atoms with E-state index in [0.717, 1.165) is 60.8 Å². The van der Waals surface area contributed by atoms with Gasteiger partial charge in [0.1, 0.15) is 5.52 Å². The molecule has 198 valence electrons. The van der Waals surface area contributed by atoms with E-state index < -0.39 is 0 Å². The first-order valence-electron chi connectivity index (χ1n) is 13.4. The molecule has 10 nitrogen and oxygen atoms in total. The van der Waals surface area contributed by atoms with Crippen LogP contribution in [0.3, 0.4) is 0 Å². The number of anilines is 1. The van der Waals surface area contributed by atoms with E-state index in [-0.39, 0.29) is 35.9 Å². The lowest BCUT2D eigenvalue weighted by molar-refractivity contribution is 0.447. The van der Waals surface area contributed by atoms with Crippen molar-refractivity contribution in [3.8, 4) is 0 Å².